The van der Waals surface area contributed by atoms with Gasteiger partial charge in [-0.1, -0.05) is 46.3 Å². The summed E-state index contributed by atoms with van der Waals surface area (Å²) in [6.45, 7) is 2.99. The zero-order chi connectivity index (χ0) is 13.9. The molecule has 0 bridgehead atoms. The molecule has 1 aliphatic heterocycles. The van der Waals surface area contributed by atoms with E-state index in [9.17, 15) is 0 Å². The van der Waals surface area contributed by atoms with Crippen LogP contribution < -0.4 is 10.1 Å². The second-order valence-electron chi connectivity index (χ2n) is 5.17. The molecule has 1 aliphatic rings. The van der Waals surface area contributed by atoms with Crippen molar-refractivity contribution in [2.24, 2.45) is 0 Å². The number of ether oxygens (including phenoxy) is 1. The Kier molecular flexibility index (Phi) is 4.08. The van der Waals surface area contributed by atoms with Crippen LogP contribution in [0.5, 0.6) is 5.75 Å². The van der Waals surface area contributed by atoms with Gasteiger partial charge in [-0.2, -0.15) is 0 Å². The predicted octanol–water partition coefficient (Wildman–Crippen LogP) is 4.62. The molecule has 3 heteroatoms. The molecule has 3 rings (SSSR count). The lowest BCUT2D eigenvalue weighted by Gasteiger charge is -2.29. The van der Waals surface area contributed by atoms with Crippen molar-refractivity contribution in [1.29, 1.82) is 0 Å². The lowest BCUT2D eigenvalue weighted by Crippen LogP contribution is -2.29. The number of halogens is 1. The minimum atomic E-state index is 0.319. The third-order valence-corrected chi connectivity index (χ3v) is 4.31. The highest BCUT2D eigenvalue weighted by Crippen LogP contribution is 2.33. The second-order valence-corrected chi connectivity index (χ2v) is 6.08. The van der Waals surface area contributed by atoms with Gasteiger partial charge in [0.25, 0.3) is 0 Å². The molecule has 0 amide bonds. The number of benzene rings is 2. The molecule has 0 spiro atoms. The number of hydrogen-bond acceptors (Lipinski definition) is 2. The van der Waals surface area contributed by atoms with Crippen molar-refractivity contribution in [2.75, 3.05) is 6.61 Å². The fourth-order valence-electron chi connectivity index (χ4n) is 2.66. The molecule has 2 aromatic carbocycles. The first-order chi connectivity index (χ1) is 9.74. The van der Waals surface area contributed by atoms with E-state index in [1.54, 1.807) is 0 Å². The molecule has 20 heavy (non-hydrogen) atoms. The Morgan fingerprint density at radius 1 is 1.15 bits per heavy atom. The molecule has 0 radical (unpaired) electrons. The van der Waals surface area contributed by atoms with Gasteiger partial charge in [-0.05, 0) is 30.7 Å². The van der Waals surface area contributed by atoms with E-state index >= 15 is 0 Å². The Balaban J connectivity index is 1.77. The summed E-state index contributed by atoms with van der Waals surface area (Å²) in [6.07, 6.45) is 1.01. The molecular weight excluding hydrogens is 314 g/mol. The number of hydrogen-bond donors (Lipinski definition) is 1. The van der Waals surface area contributed by atoms with Gasteiger partial charge >= 0.3 is 0 Å². The van der Waals surface area contributed by atoms with E-state index in [2.05, 4.69) is 64.6 Å². The molecule has 2 aromatic rings. The zero-order valence-corrected chi connectivity index (χ0v) is 13.1. The van der Waals surface area contributed by atoms with Crippen LogP contribution in [0.25, 0.3) is 0 Å². The van der Waals surface area contributed by atoms with E-state index < -0.39 is 0 Å². The Morgan fingerprint density at radius 2 is 1.90 bits per heavy atom. The minimum Gasteiger partial charge on any atom is -0.493 e. The van der Waals surface area contributed by atoms with Gasteiger partial charge in [0.2, 0.25) is 0 Å². The predicted molar refractivity (Wildman–Crippen MR) is 85.0 cm³/mol. The van der Waals surface area contributed by atoms with E-state index in [1.165, 1.54) is 11.1 Å². The summed E-state index contributed by atoms with van der Waals surface area (Å²) >= 11 is 3.48. The van der Waals surface area contributed by atoms with Crippen molar-refractivity contribution in [3.63, 3.8) is 0 Å². The Bertz CT molecular complexity index is 582. The smallest absolute Gasteiger partial charge is 0.124 e. The number of rotatable bonds is 3. The van der Waals surface area contributed by atoms with Crippen LogP contribution in [-0.4, -0.2) is 6.61 Å². The first-order valence-corrected chi connectivity index (χ1v) is 7.76. The fourth-order valence-corrected chi connectivity index (χ4v) is 2.93. The van der Waals surface area contributed by atoms with Crippen LogP contribution in [0, 0.1) is 0 Å². The van der Waals surface area contributed by atoms with Crippen LogP contribution in [0.4, 0.5) is 0 Å². The Hall–Kier alpha value is -1.32. The monoisotopic (exact) mass is 331 g/mol. The molecular formula is C17H18BrNO. The number of para-hydroxylation sites is 1. The lowest BCUT2D eigenvalue weighted by molar-refractivity contribution is 0.246. The third-order valence-electron chi connectivity index (χ3n) is 3.78. The SMILES string of the molecule is CC(NC1CCOc2ccccc21)c1ccc(Br)cc1. The molecule has 1 heterocycles. The van der Waals surface area contributed by atoms with E-state index in [1.807, 2.05) is 12.1 Å². The first-order valence-electron chi connectivity index (χ1n) is 6.97. The maximum atomic E-state index is 5.71. The lowest BCUT2D eigenvalue weighted by atomic mass is 9.98. The summed E-state index contributed by atoms with van der Waals surface area (Å²) < 4.78 is 6.83. The van der Waals surface area contributed by atoms with Gasteiger partial charge in [0.05, 0.1) is 6.61 Å². The molecule has 2 nitrogen and oxygen atoms in total. The zero-order valence-electron chi connectivity index (χ0n) is 11.5. The highest BCUT2D eigenvalue weighted by molar-refractivity contribution is 9.10. The third kappa shape index (κ3) is 2.89. The van der Waals surface area contributed by atoms with E-state index in [0.29, 0.717) is 12.1 Å². The Morgan fingerprint density at radius 3 is 2.70 bits per heavy atom. The van der Waals surface area contributed by atoms with Crippen LogP contribution in [0.15, 0.2) is 53.0 Å². The van der Waals surface area contributed by atoms with Crippen LogP contribution in [0.3, 0.4) is 0 Å². The largest absolute Gasteiger partial charge is 0.493 e. The minimum absolute atomic E-state index is 0.319. The maximum absolute atomic E-state index is 5.71. The van der Waals surface area contributed by atoms with Gasteiger partial charge in [-0.25, -0.2) is 0 Å². The normalized spacial score (nSPS) is 19.0. The fraction of sp³-hybridized carbons (Fsp3) is 0.294. The molecule has 1 N–H and O–H groups in total. The van der Waals surface area contributed by atoms with Crippen LogP contribution in [0.1, 0.15) is 36.6 Å². The van der Waals surface area contributed by atoms with Gasteiger partial charge < -0.3 is 10.1 Å². The summed E-state index contributed by atoms with van der Waals surface area (Å²) in [5, 5.41) is 3.72. The highest BCUT2D eigenvalue weighted by atomic mass is 79.9. The topological polar surface area (TPSA) is 21.3 Å². The molecule has 2 atom stereocenters. The summed E-state index contributed by atoms with van der Waals surface area (Å²) in [5.41, 5.74) is 2.57. The molecule has 104 valence electrons. The molecule has 0 aromatic heterocycles. The van der Waals surface area contributed by atoms with Crippen molar-refractivity contribution in [1.82, 2.24) is 5.32 Å². The molecule has 0 aliphatic carbocycles. The molecule has 2 unspecified atom stereocenters. The average molecular weight is 332 g/mol. The van der Waals surface area contributed by atoms with Gasteiger partial charge in [0, 0.05) is 28.5 Å². The molecule has 0 fully saturated rings. The van der Waals surface area contributed by atoms with Crippen LogP contribution >= 0.6 is 15.9 Å². The van der Waals surface area contributed by atoms with Gasteiger partial charge in [-0.15, -0.1) is 0 Å². The van der Waals surface area contributed by atoms with Crippen LogP contribution in [0.2, 0.25) is 0 Å². The Labute approximate surface area is 128 Å². The summed E-state index contributed by atoms with van der Waals surface area (Å²) in [7, 11) is 0. The van der Waals surface area contributed by atoms with Crippen molar-refractivity contribution < 1.29 is 4.74 Å². The summed E-state index contributed by atoms with van der Waals surface area (Å²) in [5.74, 6) is 1.01. The van der Waals surface area contributed by atoms with E-state index in [0.717, 1.165) is 23.2 Å². The van der Waals surface area contributed by atoms with E-state index in [4.69, 9.17) is 4.74 Å². The highest BCUT2D eigenvalue weighted by Gasteiger charge is 2.22. The molecule has 0 saturated carbocycles. The maximum Gasteiger partial charge on any atom is 0.124 e. The van der Waals surface area contributed by atoms with Crippen molar-refractivity contribution >= 4 is 15.9 Å². The van der Waals surface area contributed by atoms with Crippen molar-refractivity contribution in [3.8, 4) is 5.75 Å². The number of nitrogens with one attached hydrogen (secondary N) is 1. The van der Waals surface area contributed by atoms with Gasteiger partial charge in [0.15, 0.2) is 0 Å². The standard InChI is InChI=1S/C17H18BrNO/c1-12(13-6-8-14(18)9-7-13)19-16-10-11-20-17-5-3-2-4-15(16)17/h2-9,12,16,19H,10-11H2,1H3. The second kappa shape index (κ2) is 5.98. The molecule has 0 saturated heterocycles. The average Bonchev–Trinajstić information content (AvgIpc) is 2.48. The van der Waals surface area contributed by atoms with Gasteiger partial charge in [-0.3, -0.25) is 0 Å². The van der Waals surface area contributed by atoms with E-state index in [-0.39, 0.29) is 0 Å². The summed E-state index contributed by atoms with van der Waals surface area (Å²) in [6, 6.07) is 17.5. The van der Waals surface area contributed by atoms with Crippen molar-refractivity contribution in [2.45, 2.75) is 25.4 Å². The van der Waals surface area contributed by atoms with Gasteiger partial charge in [0.1, 0.15) is 5.75 Å². The van der Waals surface area contributed by atoms with Crippen molar-refractivity contribution in [3.05, 3.63) is 64.1 Å². The summed E-state index contributed by atoms with van der Waals surface area (Å²) in [4.78, 5) is 0. The first kappa shape index (κ1) is 13.7. The quantitative estimate of drug-likeness (QED) is 0.885. The van der Waals surface area contributed by atoms with Crippen LogP contribution in [-0.2, 0) is 0 Å². The number of fused-ring (bicyclic) bond motifs is 1.